The summed E-state index contributed by atoms with van der Waals surface area (Å²) in [5.74, 6) is 0. The Morgan fingerprint density at radius 1 is 0.206 bits per heavy atom. The number of nitrogens with zero attached hydrogens (tertiary/aromatic N) is 14. The maximum absolute atomic E-state index is 8.03. The third-order valence-electron chi connectivity index (χ3n) is 26.9. The molecule has 0 saturated carbocycles. The van der Waals surface area contributed by atoms with Crippen molar-refractivity contribution in [2.24, 2.45) is 0 Å². The van der Waals surface area contributed by atoms with Crippen molar-refractivity contribution in [1.29, 1.82) is 0 Å². The van der Waals surface area contributed by atoms with E-state index in [1.807, 2.05) is 36.4 Å². The first kappa shape index (κ1) is 91.9. The molecule has 0 unspecified atom stereocenters. The van der Waals surface area contributed by atoms with Gasteiger partial charge in [0.05, 0.1) is 12.3 Å². The Kier molecular flexibility index (Phi) is 26.2. The predicted molar refractivity (Wildman–Crippen MR) is 573 cm³/mol. The molecule has 0 amide bonds. The minimum atomic E-state index is 0. The first-order valence-corrected chi connectivity index (χ1v) is 47.0. The topological polar surface area (TPSA) is 46.5 Å². The molecule has 19 aromatic carbocycles. The van der Waals surface area contributed by atoms with Crippen molar-refractivity contribution in [3.05, 3.63) is 500 Å². The van der Waals surface area contributed by atoms with Crippen LogP contribution in [0.5, 0.6) is 0 Å². The van der Waals surface area contributed by atoms with Crippen LogP contribution in [-0.4, -0.2) is 27.2 Å². The van der Waals surface area contributed by atoms with E-state index in [-0.39, 0.29) is 59.4 Å². The van der Waals surface area contributed by atoms with Gasteiger partial charge in [-0.15, -0.1) is 115 Å². The second-order valence-corrected chi connectivity index (χ2v) is 35.4. The van der Waals surface area contributed by atoms with Crippen molar-refractivity contribution in [1.82, 2.24) is 0 Å². The van der Waals surface area contributed by atoms with Crippen LogP contribution in [0.25, 0.3) is 70.9 Å². The van der Waals surface area contributed by atoms with Gasteiger partial charge in [-0.3, -0.25) is 4.85 Å². The summed E-state index contributed by atoms with van der Waals surface area (Å²) in [4.78, 5) is 33.1. The minimum Gasteiger partial charge on any atom is -0.504 e. The second-order valence-electron chi connectivity index (χ2n) is 35.4. The molecule has 0 bridgehead atoms. The molecule has 0 atom stereocenters. The molecule has 692 valence electrons. The number of piperidine rings is 1. The van der Waals surface area contributed by atoms with E-state index in [2.05, 4.69) is 535 Å². The van der Waals surface area contributed by atoms with Gasteiger partial charge >= 0.3 is 0 Å². The Balaban J connectivity index is 0.000000125. The van der Waals surface area contributed by atoms with Crippen molar-refractivity contribution < 1.29 is 59.4 Å². The quantitative estimate of drug-likeness (QED) is 0.0917. The molecule has 0 N–H and O–H groups in total. The summed E-state index contributed by atoms with van der Waals surface area (Å²) in [5, 5.41) is 5.01. The molecule has 0 spiro atoms. The molecule has 14 nitrogen and oxygen atoms in total. The number of para-hydroxylation sites is 8. The smallest absolute Gasteiger partial charge is 0.0899 e. The number of benzene rings is 19. The molecule has 1 fully saturated rings. The Labute approximate surface area is 865 Å². The summed E-state index contributed by atoms with van der Waals surface area (Å²) in [6.45, 7) is 23.1. The van der Waals surface area contributed by atoms with E-state index in [4.69, 9.17) is 6.57 Å². The van der Waals surface area contributed by atoms with Crippen LogP contribution in [0.4, 0.5) is 136 Å². The molecular weight excluding hydrogens is 2260 g/mol. The third-order valence-corrected chi connectivity index (χ3v) is 26.9. The number of anilines is 23. The van der Waals surface area contributed by atoms with E-state index in [1.165, 1.54) is 114 Å². The van der Waals surface area contributed by atoms with Gasteiger partial charge in [0.15, 0.2) is 0 Å². The Morgan fingerprint density at radius 3 is 0.730 bits per heavy atom. The van der Waals surface area contributed by atoms with Gasteiger partial charge in [-0.05, 0) is 221 Å². The number of fused-ring (bicyclic) bond motifs is 8. The van der Waals surface area contributed by atoms with Crippen LogP contribution in [0.3, 0.4) is 0 Å². The van der Waals surface area contributed by atoms with E-state index >= 15 is 0 Å². The summed E-state index contributed by atoms with van der Waals surface area (Å²) in [7, 11) is 4.27. The Hall–Kier alpha value is -15.5. The van der Waals surface area contributed by atoms with E-state index in [1.54, 1.807) is 0 Å². The zero-order chi connectivity index (χ0) is 92.1. The molecule has 17 heteroatoms. The van der Waals surface area contributed by atoms with Crippen LogP contribution >= 0.6 is 0 Å². The molecule has 0 aromatic heterocycles. The van der Waals surface area contributed by atoms with Crippen LogP contribution in [0.1, 0.15) is 19.3 Å². The van der Waals surface area contributed by atoms with Crippen LogP contribution in [0.2, 0.25) is 0 Å². The molecule has 0 radical (unpaired) electrons. The van der Waals surface area contributed by atoms with Crippen molar-refractivity contribution in [2.45, 2.75) is 19.3 Å². The van der Waals surface area contributed by atoms with Crippen LogP contribution in [-0.2, 0) is 59.4 Å². The maximum atomic E-state index is 8.03. The summed E-state index contributed by atoms with van der Waals surface area (Å²) < 4.78 is 0. The van der Waals surface area contributed by atoms with Gasteiger partial charge in [0, 0.05) is 163 Å². The van der Waals surface area contributed by atoms with E-state index in [0.29, 0.717) is 5.69 Å². The normalized spacial score (nSPS) is 14.1. The van der Waals surface area contributed by atoms with Gasteiger partial charge in [0.25, 0.3) is 0 Å². The molecule has 0 aliphatic carbocycles. The van der Waals surface area contributed by atoms with Crippen LogP contribution in [0.15, 0.2) is 431 Å². The molecule has 26 rings (SSSR count). The minimum absolute atomic E-state index is 0. The summed E-state index contributed by atoms with van der Waals surface area (Å²) in [5.41, 5.74) is 34.8. The van der Waals surface area contributed by atoms with Gasteiger partial charge in [-0.1, -0.05) is 273 Å². The number of hydrogen-bond acceptors (Lipinski definition) is 13. The van der Waals surface area contributed by atoms with Crippen molar-refractivity contribution >= 4 is 158 Å². The molecule has 1 saturated heterocycles. The first-order chi connectivity index (χ1) is 68.1. The predicted octanol–water partition coefficient (Wildman–Crippen LogP) is 32.0. The Morgan fingerprint density at radius 2 is 0.440 bits per heavy atom. The van der Waals surface area contributed by atoms with E-state index in [9.17, 15) is 0 Å². The zero-order valence-corrected chi connectivity index (χ0v) is 84.9. The standard InChI is InChI=1S/C45H30N5.C44H31N4.C35H32N5.3Os/c1-46-37-28-40(49-31-47(42-16-8-10-18-44(42)49)38-24-20-35(21-25-38)33-12-4-2-5-13-33)30-41(29-37)50-32-48(43-17-9-11-19-45(43)50)39-26-22-36(23-27-39)34-14-6-3-7-15-34;1-3-12-33(13-4-1)35-22-26-37(27-23-35)45-31-47(43-20-9-7-18-41(43)45)39-16-11-17-40(30-39)48-32-46(42-19-8-10-21-44(42)48)38-28-24-36(25-29-38)34-14-5-2-6-15-34;1-36-23-39(34-18-27-12-6-4-10-25(27)16-32(34)36)30-20-29(38-14-8-3-9-15-38)21-31(22-30)40-24-37(2)33-17-26-11-5-7-13-28(26)19-35(33)40;;;/h2-29,31-32H;1-29,31-32H;4-7,10-13,16-21,23-24H,3,8-9,14-15H2,1-2H3;;;/q3*-3;;;. The fourth-order valence-electron chi connectivity index (χ4n) is 19.9. The molecular formula is C124H93N14Os3-9. The molecule has 7 heterocycles. The van der Waals surface area contributed by atoms with E-state index in [0.717, 1.165) is 115 Å². The monoisotopic (exact) mass is 2350 g/mol. The Bertz CT molecular complexity index is 7330. The van der Waals surface area contributed by atoms with Crippen molar-refractivity contribution in [3.63, 3.8) is 0 Å². The third kappa shape index (κ3) is 18.0. The molecule has 141 heavy (non-hydrogen) atoms. The second kappa shape index (κ2) is 40.1. The average Bonchev–Trinajstić information content (AvgIpc) is 1.62. The zero-order valence-electron chi connectivity index (χ0n) is 77.3. The molecule has 7 aliphatic heterocycles. The maximum Gasteiger partial charge on any atom is 0.0899 e. The molecule has 19 aromatic rings. The van der Waals surface area contributed by atoms with E-state index < -0.39 is 0 Å². The molecule has 7 aliphatic rings. The summed E-state index contributed by atoms with van der Waals surface area (Å²) in [6.07, 6.45) is 3.79. The fraction of sp³-hybridized carbons (Fsp3) is 0.0565. The van der Waals surface area contributed by atoms with Crippen LogP contribution < -0.4 is 63.7 Å². The van der Waals surface area contributed by atoms with Gasteiger partial charge in [-0.25, -0.2) is 0 Å². The fourth-order valence-corrected chi connectivity index (χ4v) is 19.9. The summed E-state index contributed by atoms with van der Waals surface area (Å²) >= 11 is 0. The van der Waals surface area contributed by atoms with Crippen molar-refractivity contribution in [3.8, 4) is 44.5 Å². The first-order valence-electron chi connectivity index (χ1n) is 47.0. The van der Waals surface area contributed by atoms with Gasteiger partial charge in [-0.2, -0.15) is 19.4 Å². The largest absolute Gasteiger partial charge is 0.504 e. The SMILES string of the molecule is CN1[CH-]N(c2[c-]c(N3[CH-]N(C)c4cc5ccccc5cc43)cc(N3CCCCC3)c2)c2cc3ccccc3cc21.[C-]#[N+]c1cc(N2[CH-]N(c3ccc(-c4ccccc4)cc3)c3ccccc32)[c-]c(N2[CH-]N(c3ccc(-c4ccccc4)cc3)c3ccccc32)c1.[Os].[Os].[Os].[c-]1c(N2[CH-]N(c3ccc(-c4ccccc4)cc3)c3ccccc32)cccc1N1[CH-]N(c2ccc(-c3ccccc3)cc2)c2ccccc21. The van der Waals surface area contributed by atoms with Crippen LogP contribution in [0, 0.1) is 64.8 Å². The number of rotatable bonds is 15. The van der Waals surface area contributed by atoms with Crippen molar-refractivity contribution in [2.75, 3.05) is 90.9 Å². The number of hydrogen-bond donors (Lipinski definition) is 0. The van der Waals surface area contributed by atoms with Gasteiger partial charge in [0.1, 0.15) is 0 Å². The van der Waals surface area contributed by atoms with Gasteiger partial charge < -0.3 is 63.7 Å². The summed E-state index contributed by atoms with van der Waals surface area (Å²) in [6, 6.07) is 163. The van der Waals surface area contributed by atoms with Gasteiger partial charge in [0.2, 0.25) is 0 Å². The average molecular weight is 2350 g/mol.